The van der Waals surface area contributed by atoms with Gasteiger partial charge in [0.1, 0.15) is 0 Å². The molecule has 2 heterocycles. The summed E-state index contributed by atoms with van der Waals surface area (Å²) in [4.78, 5) is 16.0. The van der Waals surface area contributed by atoms with Crippen molar-refractivity contribution in [2.45, 2.75) is 12.8 Å². The first-order valence-electron chi connectivity index (χ1n) is 6.32. The van der Waals surface area contributed by atoms with Crippen molar-refractivity contribution in [2.24, 2.45) is 11.3 Å². The minimum atomic E-state index is -0.624. The highest BCUT2D eigenvalue weighted by Gasteiger charge is 2.50. The predicted molar refractivity (Wildman–Crippen MR) is 81.4 cm³/mol. The van der Waals surface area contributed by atoms with Gasteiger partial charge in [0.05, 0.1) is 5.92 Å². The van der Waals surface area contributed by atoms with Gasteiger partial charge in [0, 0.05) is 25.0 Å². The van der Waals surface area contributed by atoms with Crippen molar-refractivity contribution < 1.29 is 9.90 Å². The summed E-state index contributed by atoms with van der Waals surface area (Å²) in [6, 6.07) is 0. The topological polar surface area (TPSA) is 43.8 Å². The Morgan fingerprint density at radius 1 is 1.42 bits per heavy atom. The van der Waals surface area contributed by atoms with E-state index in [9.17, 15) is 9.90 Å². The fourth-order valence-corrected chi connectivity index (χ4v) is 3.30. The summed E-state index contributed by atoms with van der Waals surface area (Å²) < 4.78 is 0. The molecule has 2 rings (SSSR count). The summed E-state index contributed by atoms with van der Waals surface area (Å²) in [5.74, 6) is -0.822. The average Bonchev–Trinajstić information content (AvgIpc) is 2.63. The Labute approximate surface area is 127 Å². The summed E-state index contributed by atoms with van der Waals surface area (Å²) in [6.07, 6.45) is 3.88. The van der Waals surface area contributed by atoms with E-state index in [0.29, 0.717) is 6.54 Å². The van der Waals surface area contributed by atoms with E-state index >= 15 is 0 Å². The molecule has 2 aliphatic rings. The maximum Gasteiger partial charge on any atom is 0.308 e. The van der Waals surface area contributed by atoms with Crippen molar-refractivity contribution in [3.8, 4) is 0 Å². The van der Waals surface area contributed by atoms with Gasteiger partial charge < -0.3 is 10.0 Å². The Bertz CT molecular complexity index is 318. The third kappa shape index (κ3) is 3.85. The molecule has 4 nitrogen and oxygen atoms in total. The van der Waals surface area contributed by atoms with Crippen LogP contribution in [0.3, 0.4) is 0 Å². The molecule has 1 atom stereocenters. The van der Waals surface area contributed by atoms with E-state index in [1.165, 1.54) is 0 Å². The molecule has 1 N–H and O–H groups in total. The number of carboxylic acid groups (broad SMARTS) is 1. The number of likely N-dealkylation sites (tertiary alicyclic amines) is 2. The lowest BCUT2D eigenvalue weighted by Crippen LogP contribution is -2.44. The van der Waals surface area contributed by atoms with Crippen LogP contribution in [0.2, 0.25) is 0 Å². The monoisotopic (exact) mass is 310 g/mol. The molecule has 0 aromatic rings. The Balaban J connectivity index is 0.00000162. The van der Waals surface area contributed by atoms with Gasteiger partial charge in [-0.3, -0.25) is 9.69 Å². The zero-order valence-electron chi connectivity index (χ0n) is 11.4. The molecule has 0 aromatic heterocycles. The summed E-state index contributed by atoms with van der Waals surface area (Å²) in [7, 11) is 2.11. The minimum absolute atomic E-state index is 0. The molecular formula is C13H24Cl2N2O2. The predicted octanol–water partition coefficient (Wildman–Crippen LogP) is 1.74. The Kier molecular flexibility index (Phi) is 7.37. The highest BCUT2D eigenvalue weighted by molar-refractivity contribution is 5.85. The Morgan fingerprint density at radius 3 is 2.47 bits per heavy atom. The van der Waals surface area contributed by atoms with Crippen molar-refractivity contribution in [1.29, 1.82) is 0 Å². The number of carboxylic acids is 1. The van der Waals surface area contributed by atoms with E-state index in [1.807, 2.05) is 6.08 Å². The second-order valence-corrected chi connectivity index (χ2v) is 5.54. The Hall–Kier alpha value is -0.290. The van der Waals surface area contributed by atoms with E-state index < -0.39 is 5.97 Å². The summed E-state index contributed by atoms with van der Waals surface area (Å²) in [6.45, 7) is 8.19. The van der Waals surface area contributed by atoms with E-state index in [2.05, 4.69) is 23.4 Å². The summed E-state index contributed by atoms with van der Waals surface area (Å²) in [5.41, 5.74) is 0.00134. The zero-order chi connectivity index (χ0) is 12.5. The molecule has 19 heavy (non-hydrogen) atoms. The van der Waals surface area contributed by atoms with Crippen molar-refractivity contribution in [2.75, 3.05) is 39.8 Å². The van der Waals surface area contributed by atoms with Gasteiger partial charge in [0.2, 0.25) is 0 Å². The maximum atomic E-state index is 11.4. The molecule has 0 bridgehead atoms. The molecule has 6 heteroatoms. The fourth-order valence-electron chi connectivity index (χ4n) is 3.30. The van der Waals surface area contributed by atoms with Crippen molar-refractivity contribution in [1.82, 2.24) is 9.80 Å². The number of hydrogen-bond donors (Lipinski definition) is 1. The molecule has 0 aromatic carbocycles. The average molecular weight is 311 g/mol. The van der Waals surface area contributed by atoms with Gasteiger partial charge in [-0.25, -0.2) is 0 Å². The first-order valence-corrected chi connectivity index (χ1v) is 6.32. The number of aliphatic carboxylic acids is 1. The van der Waals surface area contributed by atoms with Crippen LogP contribution in [0.4, 0.5) is 0 Å². The number of nitrogens with zero attached hydrogens (tertiary/aromatic N) is 2. The summed E-state index contributed by atoms with van der Waals surface area (Å²) in [5, 5.41) is 9.42. The third-order valence-corrected chi connectivity index (χ3v) is 4.39. The van der Waals surface area contributed by atoms with Crippen LogP contribution in [0.25, 0.3) is 0 Å². The van der Waals surface area contributed by atoms with Gasteiger partial charge in [-0.1, -0.05) is 6.08 Å². The number of hydrogen-bond acceptors (Lipinski definition) is 3. The van der Waals surface area contributed by atoms with Crippen LogP contribution < -0.4 is 0 Å². The lowest BCUT2D eigenvalue weighted by Gasteiger charge is -2.40. The molecular weight excluding hydrogens is 287 g/mol. The van der Waals surface area contributed by atoms with Crippen molar-refractivity contribution >= 4 is 30.8 Å². The smallest absolute Gasteiger partial charge is 0.308 e. The lowest BCUT2D eigenvalue weighted by molar-refractivity contribution is -0.145. The van der Waals surface area contributed by atoms with Crippen LogP contribution in [0.15, 0.2) is 12.7 Å². The van der Waals surface area contributed by atoms with Gasteiger partial charge in [0.25, 0.3) is 0 Å². The molecule has 0 saturated carbocycles. The van der Waals surface area contributed by atoms with Crippen LogP contribution in [0.1, 0.15) is 12.8 Å². The maximum absolute atomic E-state index is 11.4. The number of halogens is 2. The highest BCUT2D eigenvalue weighted by atomic mass is 35.5. The standard InChI is InChI=1S/C13H22N2O2.2ClH/c1-3-6-15-9-11(12(16)17)13(10-15)4-7-14(2)8-5-13;;/h3,11H,1,4-10H2,2H3,(H,16,17);2*1H. The van der Waals surface area contributed by atoms with Crippen LogP contribution in [-0.2, 0) is 4.79 Å². The minimum Gasteiger partial charge on any atom is -0.481 e. The molecule has 0 radical (unpaired) electrons. The van der Waals surface area contributed by atoms with Crippen LogP contribution in [-0.4, -0.2) is 60.6 Å². The van der Waals surface area contributed by atoms with Crippen LogP contribution in [0.5, 0.6) is 0 Å². The SMILES string of the molecule is C=CCN1CC(C(=O)O)C2(CCN(C)CC2)C1.Cl.Cl. The van der Waals surface area contributed by atoms with Gasteiger partial charge in [-0.2, -0.15) is 0 Å². The first kappa shape index (κ1) is 18.7. The third-order valence-electron chi connectivity index (χ3n) is 4.39. The molecule has 1 unspecified atom stereocenters. The largest absolute Gasteiger partial charge is 0.481 e. The van der Waals surface area contributed by atoms with Crippen LogP contribution >= 0.6 is 24.8 Å². The Morgan fingerprint density at radius 2 is 2.00 bits per heavy atom. The van der Waals surface area contributed by atoms with Gasteiger partial charge in [-0.15, -0.1) is 31.4 Å². The molecule has 2 aliphatic heterocycles. The van der Waals surface area contributed by atoms with Crippen molar-refractivity contribution in [3.05, 3.63) is 12.7 Å². The summed E-state index contributed by atoms with van der Waals surface area (Å²) >= 11 is 0. The second-order valence-electron chi connectivity index (χ2n) is 5.54. The lowest BCUT2D eigenvalue weighted by atomic mass is 9.71. The normalized spacial score (nSPS) is 26.5. The van der Waals surface area contributed by atoms with Crippen LogP contribution in [0, 0.1) is 11.3 Å². The number of piperidine rings is 1. The van der Waals surface area contributed by atoms with Gasteiger partial charge >= 0.3 is 5.97 Å². The molecule has 2 fully saturated rings. The van der Waals surface area contributed by atoms with Crippen molar-refractivity contribution in [3.63, 3.8) is 0 Å². The highest BCUT2D eigenvalue weighted by Crippen LogP contribution is 2.44. The van der Waals surface area contributed by atoms with E-state index in [4.69, 9.17) is 0 Å². The van der Waals surface area contributed by atoms with E-state index in [-0.39, 0.29) is 36.1 Å². The number of rotatable bonds is 3. The van der Waals surface area contributed by atoms with Gasteiger partial charge in [0.15, 0.2) is 0 Å². The molecule has 1 spiro atoms. The molecule has 0 amide bonds. The van der Waals surface area contributed by atoms with E-state index in [0.717, 1.165) is 39.0 Å². The second kappa shape index (κ2) is 7.48. The van der Waals surface area contributed by atoms with Gasteiger partial charge in [-0.05, 0) is 33.0 Å². The molecule has 0 aliphatic carbocycles. The quantitative estimate of drug-likeness (QED) is 0.807. The molecule has 112 valence electrons. The fraction of sp³-hybridized carbons (Fsp3) is 0.769. The van der Waals surface area contributed by atoms with E-state index in [1.54, 1.807) is 0 Å². The first-order chi connectivity index (χ1) is 8.07. The zero-order valence-corrected chi connectivity index (χ0v) is 13.0. The molecule has 2 saturated heterocycles. The number of carbonyl (C=O) groups is 1.